The van der Waals surface area contributed by atoms with E-state index in [-0.39, 0.29) is 69.7 Å². The van der Waals surface area contributed by atoms with Gasteiger partial charge in [0, 0.05) is 12.3 Å². The molecule has 8 aliphatic rings. The van der Waals surface area contributed by atoms with E-state index in [1.807, 2.05) is 13.8 Å². The third-order valence-corrected chi connectivity index (χ3v) is 15.7. The van der Waals surface area contributed by atoms with Gasteiger partial charge in [0.2, 0.25) is 0 Å². The molecule has 0 aromatic carbocycles. The number of rotatable bonds is 3. The van der Waals surface area contributed by atoms with Crippen molar-refractivity contribution < 1.29 is 44.5 Å². The van der Waals surface area contributed by atoms with Gasteiger partial charge in [-0.3, -0.25) is 0 Å². The van der Waals surface area contributed by atoms with Gasteiger partial charge in [-0.05, 0) is 104 Å². The van der Waals surface area contributed by atoms with Crippen LogP contribution in [0.2, 0.25) is 0 Å². The van der Waals surface area contributed by atoms with Crippen molar-refractivity contribution in [3.63, 3.8) is 0 Å². The van der Waals surface area contributed by atoms with E-state index in [0.717, 1.165) is 44.9 Å². The zero-order valence-electron chi connectivity index (χ0n) is 27.7. The first-order chi connectivity index (χ1) is 20.4. The van der Waals surface area contributed by atoms with Crippen molar-refractivity contribution in [1.29, 1.82) is 0 Å². The number of aliphatic hydroxyl groups is 5. The number of ether oxygens (including phenoxy) is 4. The smallest absolute Gasteiger partial charge is 0.186 e. The maximum Gasteiger partial charge on any atom is 0.186 e. The molecule has 0 aromatic rings. The van der Waals surface area contributed by atoms with E-state index in [1.165, 1.54) is 0 Å². The molecule has 0 amide bonds. The highest BCUT2D eigenvalue weighted by atomic mass is 16.8. The minimum atomic E-state index is -1.31. The highest BCUT2D eigenvalue weighted by Gasteiger charge is 2.87. The molecule has 3 aliphatic heterocycles. The van der Waals surface area contributed by atoms with E-state index in [0.29, 0.717) is 12.3 Å². The molecule has 9 nitrogen and oxygen atoms in total. The van der Waals surface area contributed by atoms with Gasteiger partial charge in [0.15, 0.2) is 12.1 Å². The van der Waals surface area contributed by atoms with E-state index in [9.17, 15) is 25.5 Å². The largest absolute Gasteiger partial charge is 0.393 e. The maximum atomic E-state index is 12.4. The number of hydrogen-bond donors (Lipinski definition) is 5. The predicted octanol–water partition coefficient (Wildman–Crippen LogP) is 3.12. The number of fused-ring (bicyclic) bond motifs is 4. The van der Waals surface area contributed by atoms with Crippen molar-refractivity contribution in [1.82, 2.24) is 0 Å². The van der Waals surface area contributed by atoms with Crippen LogP contribution in [0, 0.1) is 50.7 Å². The summed E-state index contributed by atoms with van der Waals surface area (Å²) in [6.07, 6.45) is 1.70. The van der Waals surface area contributed by atoms with Crippen LogP contribution in [0.1, 0.15) is 99.8 Å². The van der Waals surface area contributed by atoms with Gasteiger partial charge >= 0.3 is 0 Å². The molecule has 5 N–H and O–H groups in total. The molecular weight excluding hydrogens is 564 g/mol. The van der Waals surface area contributed by atoms with Gasteiger partial charge in [-0.2, -0.15) is 0 Å². The Balaban J connectivity index is 1.10. The molecule has 5 aliphatic carbocycles. The van der Waals surface area contributed by atoms with Crippen LogP contribution in [0.15, 0.2) is 0 Å². The van der Waals surface area contributed by atoms with Gasteiger partial charge in [-0.25, -0.2) is 0 Å². The number of hydrogen-bond acceptors (Lipinski definition) is 9. The lowest BCUT2D eigenvalue weighted by molar-refractivity contribution is -0.304. The van der Waals surface area contributed by atoms with E-state index in [2.05, 4.69) is 34.6 Å². The second-order valence-corrected chi connectivity index (χ2v) is 18.4. The van der Waals surface area contributed by atoms with Crippen LogP contribution in [0.4, 0.5) is 0 Å². The molecule has 250 valence electrons. The molecule has 44 heavy (non-hydrogen) atoms. The zero-order valence-corrected chi connectivity index (χ0v) is 27.7. The van der Waals surface area contributed by atoms with Gasteiger partial charge in [-0.1, -0.05) is 34.6 Å². The summed E-state index contributed by atoms with van der Waals surface area (Å²) in [5, 5.41) is 54.2. The van der Waals surface area contributed by atoms with Crippen LogP contribution in [0.25, 0.3) is 0 Å². The molecule has 0 aromatic heterocycles. The van der Waals surface area contributed by atoms with E-state index >= 15 is 0 Å². The monoisotopic (exact) mass is 620 g/mol. The molecule has 3 heterocycles. The fourth-order valence-corrected chi connectivity index (χ4v) is 14.0. The van der Waals surface area contributed by atoms with E-state index < -0.39 is 42.1 Å². The quantitative estimate of drug-likeness (QED) is 0.301. The molecule has 5 saturated carbocycles. The first-order valence-electron chi connectivity index (χ1n) is 17.4. The van der Waals surface area contributed by atoms with Gasteiger partial charge in [-0.15, -0.1) is 0 Å². The van der Waals surface area contributed by atoms with Gasteiger partial charge in [0.1, 0.15) is 24.4 Å². The normalized spacial score (nSPS) is 62.2. The average Bonchev–Trinajstić information content (AvgIpc) is 3.38. The molecule has 8 fully saturated rings. The molecule has 9 heteroatoms. The molecule has 0 unspecified atom stereocenters. The van der Waals surface area contributed by atoms with Crippen molar-refractivity contribution >= 4 is 0 Å². The standard InChI is InChI=1S/C35H56O9/c1-17-12-20-27(30(4,5)40)44-35(43-20)15-32(7)26-18(36)13-21-29(2,3)22(42-28-24(39)23(38)19(37)14-41-28)8-9-33(21)16-34(26,33)11-10-31(32,6)25(17)35/h17-28,36-40H,8-16H2,1-7H3/t17-,18+,19+,20-,21-,22-,23+,24+,25-,26+,27+,28+,31-,32+,33-,34+,35-/m1/s1. The molecule has 3 saturated heterocycles. The van der Waals surface area contributed by atoms with Crippen LogP contribution < -0.4 is 0 Å². The highest BCUT2D eigenvalue weighted by Crippen LogP contribution is 2.90. The number of aliphatic hydroxyl groups excluding tert-OH is 4. The Kier molecular flexibility index (Phi) is 6.33. The molecular formula is C35H56O9. The molecule has 3 spiro atoms. The Hall–Kier alpha value is -0.360. The van der Waals surface area contributed by atoms with Gasteiger partial charge in [0.25, 0.3) is 0 Å². The minimum Gasteiger partial charge on any atom is -0.393 e. The van der Waals surface area contributed by atoms with Crippen LogP contribution in [0.5, 0.6) is 0 Å². The summed E-state index contributed by atoms with van der Waals surface area (Å²) >= 11 is 0. The van der Waals surface area contributed by atoms with E-state index in [1.54, 1.807) is 0 Å². The summed E-state index contributed by atoms with van der Waals surface area (Å²) in [5.41, 5.74) is -1.28. The molecule has 8 rings (SSSR count). The average molecular weight is 621 g/mol. The highest BCUT2D eigenvalue weighted by molar-refractivity contribution is 5.34. The lowest BCUT2D eigenvalue weighted by atomic mass is 9.41. The van der Waals surface area contributed by atoms with Gasteiger partial charge < -0.3 is 44.5 Å². The Morgan fingerprint density at radius 2 is 1.52 bits per heavy atom. The van der Waals surface area contributed by atoms with Crippen LogP contribution in [-0.2, 0) is 18.9 Å². The maximum absolute atomic E-state index is 12.4. The summed E-state index contributed by atoms with van der Waals surface area (Å²) < 4.78 is 25.9. The summed E-state index contributed by atoms with van der Waals surface area (Å²) in [6, 6.07) is 0. The summed E-state index contributed by atoms with van der Waals surface area (Å²) in [6.45, 7) is 15.4. The van der Waals surface area contributed by atoms with Crippen LogP contribution >= 0.6 is 0 Å². The second kappa shape index (κ2) is 9.00. The topological polar surface area (TPSA) is 138 Å². The van der Waals surface area contributed by atoms with Crippen molar-refractivity contribution in [3.8, 4) is 0 Å². The lowest BCUT2D eigenvalue weighted by Crippen LogP contribution is -2.63. The van der Waals surface area contributed by atoms with Crippen molar-refractivity contribution in [3.05, 3.63) is 0 Å². The van der Waals surface area contributed by atoms with Crippen molar-refractivity contribution in [2.75, 3.05) is 6.61 Å². The summed E-state index contributed by atoms with van der Waals surface area (Å²) in [7, 11) is 0. The Bertz CT molecular complexity index is 1200. The Morgan fingerprint density at radius 3 is 2.23 bits per heavy atom. The fraction of sp³-hybridized carbons (Fsp3) is 1.00. The fourth-order valence-electron chi connectivity index (χ4n) is 14.0. The SMILES string of the molecule is C[C@@H]1C[C@H]2O[C@]3(C[C@@]4(C)[C@@H]5[C@@H](O)C[C@@H]6C(C)(C)[C@H](O[C@@H]7OC[C@H](O)[C@H](O)[C@@H]7O)CC[C@@]67C[C@@]57CC[C@]4(C)[C@@H]13)O[C@@H]2C(C)(C)O. The lowest BCUT2D eigenvalue weighted by Gasteiger charge is -2.64. The molecule has 17 atom stereocenters. The van der Waals surface area contributed by atoms with Crippen LogP contribution in [-0.4, -0.2) is 92.5 Å². The van der Waals surface area contributed by atoms with Crippen molar-refractivity contribution in [2.45, 2.75) is 160 Å². The first-order valence-corrected chi connectivity index (χ1v) is 17.4. The van der Waals surface area contributed by atoms with Crippen molar-refractivity contribution in [2.24, 2.45) is 50.7 Å². The first kappa shape index (κ1) is 30.9. The zero-order chi connectivity index (χ0) is 31.6. The van der Waals surface area contributed by atoms with Crippen LogP contribution in [0.3, 0.4) is 0 Å². The predicted molar refractivity (Wildman–Crippen MR) is 159 cm³/mol. The van der Waals surface area contributed by atoms with E-state index in [4.69, 9.17) is 18.9 Å². The Morgan fingerprint density at radius 1 is 0.795 bits per heavy atom. The van der Waals surface area contributed by atoms with Gasteiger partial charge in [0.05, 0.1) is 30.5 Å². The molecule has 2 bridgehead atoms. The molecule has 0 radical (unpaired) electrons. The third-order valence-electron chi connectivity index (χ3n) is 15.7. The summed E-state index contributed by atoms with van der Waals surface area (Å²) in [5.74, 6) is 0.319. The second-order valence-electron chi connectivity index (χ2n) is 18.4. The third kappa shape index (κ3) is 3.53. The Labute approximate surface area is 262 Å². The summed E-state index contributed by atoms with van der Waals surface area (Å²) in [4.78, 5) is 0. The minimum absolute atomic E-state index is 0.0465.